The molecule has 3 rings (SSSR count). The van der Waals surface area contributed by atoms with Crippen molar-refractivity contribution in [2.24, 2.45) is 0 Å². The van der Waals surface area contributed by atoms with Gasteiger partial charge in [-0.25, -0.2) is 0 Å². The Morgan fingerprint density at radius 2 is 1.56 bits per heavy atom. The zero-order valence-corrected chi connectivity index (χ0v) is 15.5. The van der Waals surface area contributed by atoms with E-state index in [-0.39, 0.29) is 11.7 Å². The number of ketones is 1. The molecular weight excluding hydrogens is 338 g/mol. The summed E-state index contributed by atoms with van der Waals surface area (Å²) in [7, 11) is 0. The van der Waals surface area contributed by atoms with Crippen LogP contribution in [0.3, 0.4) is 0 Å². The Kier molecular flexibility index (Phi) is 5.31. The number of amides is 1. The molecule has 5 heteroatoms. The molecule has 0 aliphatic rings. The lowest BCUT2D eigenvalue weighted by Gasteiger charge is -2.13. The number of aryl methyl sites for hydroxylation is 2. The predicted molar refractivity (Wildman–Crippen MR) is 108 cm³/mol. The molecule has 2 N–H and O–H groups in total. The minimum absolute atomic E-state index is 0.0141. The summed E-state index contributed by atoms with van der Waals surface area (Å²) in [5.41, 5.74) is 5.59. The molecule has 2 aromatic carbocycles. The number of benzene rings is 2. The molecule has 136 valence electrons. The fourth-order valence-electron chi connectivity index (χ4n) is 2.77. The van der Waals surface area contributed by atoms with Crippen LogP contribution in [0, 0.1) is 13.8 Å². The molecule has 0 fully saturated rings. The number of rotatable bonds is 5. The van der Waals surface area contributed by atoms with Crippen molar-refractivity contribution < 1.29 is 9.59 Å². The fraction of sp³-hybridized carbons (Fsp3) is 0.136. The van der Waals surface area contributed by atoms with Gasteiger partial charge in [0.1, 0.15) is 5.69 Å². The summed E-state index contributed by atoms with van der Waals surface area (Å²) < 4.78 is 0. The van der Waals surface area contributed by atoms with Crippen LogP contribution in [-0.4, -0.2) is 16.7 Å². The summed E-state index contributed by atoms with van der Waals surface area (Å²) in [5.74, 6) is -0.324. The van der Waals surface area contributed by atoms with E-state index in [1.54, 1.807) is 36.5 Å². The van der Waals surface area contributed by atoms with Crippen molar-refractivity contribution in [2.75, 3.05) is 10.6 Å². The molecule has 5 nitrogen and oxygen atoms in total. The van der Waals surface area contributed by atoms with Crippen molar-refractivity contribution >= 4 is 28.8 Å². The maximum atomic E-state index is 12.5. The first-order chi connectivity index (χ1) is 12.9. The summed E-state index contributed by atoms with van der Waals surface area (Å²) in [5, 5.41) is 6.16. The standard InChI is InChI=1S/C22H21N3O2/c1-14-5-4-6-15(2)21(14)24-19-11-12-23-20(13-19)22(27)25-18-9-7-17(8-10-18)16(3)26/h4-13H,1-3H3,(H,23,24)(H,25,27). The van der Waals surface area contributed by atoms with Gasteiger partial charge in [-0.3, -0.25) is 14.6 Å². The summed E-state index contributed by atoms with van der Waals surface area (Å²) >= 11 is 0. The average molecular weight is 359 g/mol. The number of carbonyl (C=O) groups excluding carboxylic acids is 2. The van der Waals surface area contributed by atoms with Crippen LogP contribution in [0.25, 0.3) is 0 Å². The minimum Gasteiger partial charge on any atom is -0.355 e. The van der Waals surface area contributed by atoms with Crippen LogP contribution in [0.4, 0.5) is 17.1 Å². The van der Waals surface area contributed by atoms with Crippen molar-refractivity contribution in [3.63, 3.8) is 0 Å². The molecule has 0 aliphatic heterocycles. The Balaban J connectivity index is 1.76. The van der Waals surface area contributed by atoms with E-state index in [2.05, 4.69) is 15.6 Å². The van der Waals surface area contributed by atoms with Crippen LogP contribution < -0.4 is 10.6 Å². The molecule has 1 aromatic heterocycles. The summed E-state index contributed by atoms with van der Waals surface area (Å²) in [4.78, 5) is 28.0. The first-order valence-electron chi connectivity index (χ1n) is 8.65. The number of carbonyl (C=O) groups is 2. The van der Waals surface area contributed by atoms with Gasteiger partial charge in [0.25, 0.3) is 5.91 Å². The number of hydrogen-bond acceptors (Lipinski definition) is 4. The normalized spacial score (nSPS) is 10.3. The highest BCUT2D eigenvalue weighted by atomic mass is 16.2. The Morgan fingerprint density at radius 3 is 2.19 bits per heavy atom. The van der Waals surface area contributed by atoms with E-state index in [1.807, 2.05) is 38.1 Å². The number of hydrogen-bond donors (Lipinski definition) is 2. The predicted octanol–water partition coefficient (Wildman–Crippen LogP) is 4.90. The van der Waals surface area contributed by atoms with Gasteiger partial charge in [0.2, 0.25) is 0 Å². The van der Waals surface area contributed by atoms with E-state index < -0.39 is 0 Å². The second-order valence-electron chi connectivity index (χ2n) is 6.41. The number of anilines is 3. The molecule has 0 aliphatic carbocycles. The highest BCUT2D eigenvalue weighted by Gasteiger charge is 2.10. The Hall–Kier alpha value is -3.47. The number of pyridine rings is 1. The van der Waals surface area contributed by atoms with E-state index in [4.69, 9.17) is 0 Å². The second kappa shape index (κ2) is 7.83. The van der Waals surface area contributed by atoms with Crippen molar-refractivity contribution in [1.29, 1.82) is 0 Å². The second-order valence-corrected chi connectivity index (χ2v) is 6.41. The molecule has 0 saturated carbocycles. The molecule has 1 heterocycles. The van der Waals surface area contributed by atoms with Gasteiger partial charge in [-0.05, 0) is 68.3 Å². The fourth-order valence-corrected chi connectivity index (χ4v) is 2.77. The van der Waals surface area contributed by atoms with Gasteiger partial charge in [-0.2, -0.15) is 0 Å². The summed E-state index contributed by atoms with van der Waals surface area (Å²) in [6, 6.07) is 16.4. The lowest BCUT2D eigenvalue weighted by atomic mass is 10.1. The Morgan fingerprint density at radius 1 is 0.889 bits per heavy atom. The van der Waals surface area contributed by atoms with Crippen molar-refractivity contribution in [3.8, 4) is 0 Å². The lowest BCUT2D eigenvalue weighted by Crippen LogP contribution is -2.14. The quantitative estimate of drug-likeness (QED) is 0.636. The van der Waals surface area contributed by atoms with Crippen molar-refractivity contribution in [2.45, 2.75) is 20.8 Å². The Labute approximate surface area is 158 Å². The van der Waals surface area contributed by atoms with Gasteiger partial charge in [0.05, 0.1) is 0 Å². The summed E-state index contributed by atoms with van der Waals surface area (Å²) in [6.45, 7) is 5.58. The lowest BCUT2D eigenvalue weighted by molar-refractivity contribution is 0.101. The van der Waals surface area contributed by atoms with E-state index >= 15 is 0 Å². The molecule has 27 heavy (non-hydrogen) atoms. The van der Waals surface area contributed by atoms with Crippen LogP contribution in [0.1, 0.15) is 38.9 Å². The molecular formula is C22H21N3O2. The number of nitrogens with one attached hydrogen (secondary N) is 2. The summed E-state index contributed by atoms with van der Waals surface area (Å²) in [6.07, 6.45) is 1.60. The number of aromatic nitrogens is 1. The molecule has 0 unspecified atom stereocenters. The molecule has 1 amide bonds. The van der Waals surface area contributed by atoms with E-state index in [0.29, 0.717) is 16.9 Å². The first kappa shape index (κ1) is 18.3. The van der Waals surface area contributed by atoms with Gasteiger partial charge in [0, 0.05) is 28.8 Å². The largest absolute Gasteiger partial charge is 0.355 e. The zero-order valence-electron chi connectivity index (χ0n) is 15.5. The molecule has 0 bridgehead atoms. The third-order valence-electron chi connectivity index (χ3n) is 4.29. The molecule has 0 spiro atoms. The zero-order chi connectivity index (χ0) is 19.4. The number of Topliss-reactive ketones (excluding diaryl/α,β-unsaturated/α-hetero) is 1. The van der Waals surface area contributed by atoms with Gasteiger partial charge in [0.15, 0.2) is 5.78 Å². The van der Waals surface area contributed by atoms with E-state index in [1.165, 1.54) is 6.92 Å². The van der Waals surface area contributed by atoms with Crippen LogP contribution in [0.15, 0.2) is 60.8 Å². The molecule has 0 saturated heterocycles. The average Bonchev–Trinajstić information content (AvgIpc) is 2.65. The van der Waals surface area contributed by atoms with Gasteiger partial charge in [-0.1, -0.05) is 18.2 Å². The monoisotopic (exact) mass is 359 g/mol. The third-order valence-corrected chi connectivity index (χ3v) is 4.29. The SMILES string of the molecule is CC(=O)c1ccc(NC(=O)c2cc(Nc3c(C)cccc3C)ccn2)cc1. The van der Waals surface area contributed by atoms with E-state index in [0.717, 1.165) is 22.5 Å². The van der Waals surface area contributed by atoms with Crippen LogP contribution in [-0.2, 0) is 0 Å². The maximum absolute atomic E-state index is 12.5. The topological polar surface area (TPSA) is 71.1 Å². The van der Waals surface area contributed by atoms with Crippen molar-refractivity contribution in [1.82, 2.24) is 4.98 Å². The minimum atomic E-state index is -0.310. The van der Waals surface area contributed by atoms with Gasteiger partial charge >= 0.3 is 0 Å². The van der Waals surface area contributed by atoms with Crippen molar-refractivity contribution in [3.05, 3.63) is 83.2 Å². The number of para-hydroxylation sites is 1. The smallest absolute Gasteiger partial charge is 0.274 e. The molecule has 0 radical (unpaired) electrons. The first-order valence-corrected chi connectivity index (χ1v) is 8.65. The molecule has 0 atom stereocenters. The van der Waals surface area contributed by atoms with Crippen LogP contribution in [0.5, 0.6) is 0 Å². The van der Waals surface area contributed by atoms with Crippen LogP contribution in [0.2, 0.25) is 0 Å². The van der Waals surface area contributed by atoms with E-state index in [9.17, 15) is 9.59 Å². The number of nitrogens with zero attached hydrogens (tertiary/aromatic N) is 1. The third kappa shape index (κ3) is 4.39. The van der Waals surface area contributed by atoms with Gasteiger partial charge in [-0.15, -0.1) is 0 Å². The maximum Gasteiger partial charge on any atom is 0.274 e. The van der Waals surface area contributed by atoms with Gasteiger partial charge < -0.3 is 10.6 Å². The highest BCUT2D eigenvalue weighted by molar-refractivity contribution is 6.03. The molecule has 3 aromatic rings. The highest BCUT2D eigenvalue weighted by Crippen LogP contribution is 2.24. The van der Waals surface area contributed by atoms with Crippen LogP contribution >= 0.6 is 0 Å². The Bertz CT molecular complexity index is 974.